The van der Waals surface area contributed by atoms with E-state index in [2.05, 4.69) is 9.13 Å². The largest absolute Gasteiger partial charge is 0.573 e. The van der Waals surface area contributed by atoms with E-state index < -0.39 is 39.9 Å². The van der Waals surface area contributed by atoms with Crippen molar-refractivity contribution in [3.63, 3.8) is 0 Å². The number of benzene rings is 3. The maximum atomic E-state index is 13.5. The number of alkyl halides is 3. The van der Waals surface area contributed by atoms with Gasteiger partial charge in [0.1, 0.15) is 17.4 Å². The molecule has 3 aromatic carbocycles. The summed E-state index contributed by atoms with van der Waals surface area (Å²) < 4.78 is 103. The summed E-state index contributed by atoms with van der Waals surface area (Å²) in [5, 5.41) is 0. The van der Waals surface area contributed by atoms with Crippen LogP contribution in [0.25, 0.3) is 0 Å². The Balaban J connectivity index is 1.52. The van der Waals surface area contributed by atoms with Crippen molar-refractivity contribution in [3.05, 3.63) is 95.6 Å². The Morgan fingerprint density at radius 2 is 1.43 bits per heavy atom. The summed E-state index contributed by atoms with van der Waals surface area (Å²) in [5.41, 5.74) is 1.51. The molecule has 0 aliphatic carbocycles. The van der Waals surface area contributed by atoms with Gasteiger partial charge >= 0.3 is 6.36 Å². The molecule has 5 nitrogen and oxygen atoms in total. The van der Waals surface area contributed by atoms with Crippen LogP contribution in [0.3, 0.4) is 0 Å². The Labute approximate surface area is 210 Å². The molecule has 1 unspecified atom stereocenters. The third kappa shape index (κ3) is 7.14. The quantitative estimate of drug-likeness (QED) is 0.263. The molecule has 1 heterocycles. The zero-order valence-corrected chi connectivity index (χ0v) is 20.1. The van der Waals surface area contributed by atoms with E-state index in [1.165, 1.54) is 30.5 Å². The molecule has 0 bridgehead atoms. The highest BCUT2D eigenvalue weighted by atomic mass is 32.2. The smallest absolute Gasteiger partial charge is 0.406 e. The molecular formula is C26H22F5NO4S. The maximum absolute atomic E-state index is 13.5. The van der Waals surface area contributed by atoms with Crippen LogP contribution in [0.5, 0.6) is 5.75 Å². The molecule has 4 rings (SSSR count). The minimum Gasteiger partial charge on any atom is -0.406 e. The van der Waals surface area contributed by atoms with E-state index in [9.17, 15) is 30.4 Å². The molecule has 0 N–H and O–H groups in total. The molecule has 0 saturated carbocycles. The lowest BCUT2D eigenvalue weighted by molar-refractivity contribution is -0.274. The summed E-state index contributed by atoms with van der Waals surface area (Å²) in [4.78, 5) is -0.280. The van der Waals surface area contributed by atoms with Crippen molar-refractivity contribution in [1.29, 1.82) is 0 Å². The van der Waals surface area contributed by atoms with E-state index in [-0.39, 0.29) is 16.7 Å². The highest BCUT2D eigenvalue weighted by Crippen LogP contribution is 2.36. The van der Waals surface area contributed by atoms with E-state index in [1.54, 1.807) is 24.3 Å². The van der Waals surface area contributed by atoms with Gasteiger partial charge in [-0.3, -0.25) is 0 Å². The van der Waals surface area contributed by atoms with E-state index >= 15 is 0 Å². The van der Waals surface area contributed by atoms with Gasteiger partial charge in [-0.1, -0.05) is 24.3 Å². The number of hydrogen-bond donors (Lipinski definition) is 0. The summed E-state index contributed by atoms with van der Waals surface area (Å²) >= 11 is 0. The predicted molar refractivity (Wildman–Crippen MR) is 126 cm³/mol. The van der Waals surface area contributed by atoms with Crippen LogP contribution < -0.4 is 4.74 Å². The Morgan fingerprint density at radius 3 is 1.95 bits per heavy atom. The van der Waals surface area contributed by atoms with Crippen molar-refractivity contribution in [1.82, 2.24) is 0 Å². The number of sulfonamides is 1. The first-order valence-corrected chi connectivity index (χ1v) is 12.7. The molecule has 2 atom stereocenters. The van der Waals surface area contributed by atoms with Crippen LogP contribution in [0.4, 0.5) is 22.0 Å². The van der Waals surface area contributed by atoms with Crippen LogP contribution in [0.2, 0.25) is 0 Å². The first-order valence-electron chi connectivity index (χ1n) is 11.3. The molecule has 3 aromatic rings. The van der Waals surface area contributed by atoms with Gasteiger partial charge in [-0.2, -0.15) is 12.8 Å². The Morgan fingerprint density at radius 1 is 0.892 bits per heavy atom. The van der Waals surface area contributed by atoms with Gasteiger partial charge in [0.05, 0.1) is 11.0 Å². The Hall–Kier alpha value is -3.31. The van der Waals surface area contributed by atoms with Crippen LogP contribution in [0, 0.1) is 17.6 Å². The van der Waals surface area contributed by atoms with Gasteiger partial charge < -0.3 is 9.47 Å². The fourth-order valence-electron chi connectivity index (χ4n) is 4.23. The summed E-state index contributed by atoms with van der Waals surface area (Å²) in [6.45, 7) is 0.309. The first kappa shape index (κ1) is 26.7. The van der Waals surface area contributed by atoms with Crippen LogP contribution in [0.15, 0.2) is 82.1 Å². The van der Waals surface area contributed by atoms with Gasteiger partial charge in [-0.15, -0.1) is 13.2 Å². The molecule has 0 radical (unpaired) electrons. The molecule has 196 valence electrons. The summed E-state index contributed by atoms with van der Waals surface area (Å²) in [6.07, 6.45) is -3.14. The van der Waals surface area contributed by atoms with E-state index in [4.69, 9.17) is 4.74 Å². The summed E-state index contributed by atoms with van der Waals surface area (Å²) in [7, 11) is -4.16. The van der Waals surface area contributed by atoms with Gasteiger partial charge in [0.2, 0.25) is 0 Å². The van der Waals surface area contributed by atoms with Crippen LogP contribution in [0.1, 0.15) is 29.9 Å². The highest BCUT2D eigenvalue weighted by Gasteiger charge is 2.32. The first-order chi connectivity index (χ1) is 17.5. The van der Waals surface area contributed by atoms with Crippen molar-refractivity contribution in [2.45, 2.75) is 36.1 Å². The van der Waals surface area contributed by atoms with Crippen LogP contribution >= 0.6 is 0 Å². The van der Waals surface area contributed by atoms with Gasteiger partial charge in [0, 0.05) is 18.7 Å². The molecule has 37 heavy (non-hydrogen) atoms. The minimum absolute atomic E-state index is 0.280. The fourth-order valence-corrected chi connectivity index (χ4v) is 5.16. The summed E-state index contributed by atoms with van der Waals surface area (Å²) in [6, 6.07) is 15.6. The molecule has 0 spiro atoms. The number of hydrogen-bond acceptors (Lipinski definition) is 4. The third-order valence-electron chi connectivity index (χ3n) is 5.95. The normalized spacial score (nSPS) is 18.9. The SMILES string of the molecule is O=S(=O)(/N=C/C1CCO[C@@H](C(c2ccc(F)cc2)c2ccc(F)cc2)C1)c1ccc(OC(F)(F)F)cc1. The van der Waals surface area contributed by atoms with Crippen molar-refractivity contribution < 1.29 is 39.8 Å². The fraction of sp³-hybridized carbons (Fsp3) is 0.269. The lowest BCUT2D eigenvalue weighted by Crippen LogP contribution is -2.32. The molecule has 0 aromatic heterocycles. The third-order valence-corrected chi connectivity index (χ3v) is 7.22. The van der Waals surface area contributed by atoms with E-state index in [1.807, 2.05) is 0 Å². The molecule has 1 saturated heterocycles. The monoisotopic (exact) mass is 539 g/mol. The molecule has 11 heteroatoms. The topological polar surface area (TPSA) is 65.0 Å². The van der Waals surface area contributed by atoms with Crippen molar-refractivity contribution in [2.75, 3.05) is 6.61 Å². The van der Waals surface area contributed by atoms with Crippen molar-refractivity contribution in [3.8, 4) is 5.75 Å². The molecule has 1 fully saturated rings. The van der Waals surface area contributed by atoms with Crippen molar-refractivity contribution in [2.24, 2.45) is 10.3 Å². The zero-order valence-electron chi connectivity index (χ0n) is 19.2. The summed E-state index contributed by atoms with van der Waals surface area (Å²) in [5.74, 6) is -2.01. The average Bonchev–Trinajstić information content (AvgIpc) is 2.85. The standard InChI is InChI=1S/C26H22F5NO4S/c27-20-5-1-18(2-6-20)25(19-3-7-21(28)8-4-19)24-15-17(13-14-35-24)16-32-37(33,34)23-11-9-22(10-12-23)36-26(29,30)31/h1-12,16-17,24-25H,13-15H2/b32-16+/t17?,24-/m1/s1. The molecule has 0 amide bonds. The second-order valence-corrected chi connectivity index (χ2v) is 10.2. The number of halogens is 5. The van der Waals surface area contributed by atoms with Crippen molar-refractivity contribution >= 4 is 16.2 Å². The maximum Gasteiger partial charge on any atom is 0.573 e. The number of rotatable bonds is 7. The van der Waals surface area contributed by atoms with Gasteiger partial charge in [0.15, 0.2) is 0 Å². The van der Waals surface area contributed by atoms with Gasteiger partial charge in [-0.25, -0.2) is 8.78 Å². The second-order valence-electron chi connectivity index (χ2n) is 8.52. The Kier molecular flexibility index (Phi) is 7.93. The minimum atomic E-state index is -4.89. The predicted octanol–water partition coefficient (Wildman–Crippen LogP) is 6.25. The van der Waals surface area contributed by atoms with Gasteiger partial charge in [-0.05, 0) is 78.4 Å². The van der Waals surface area contributed by atoms with Crippen LogP contribution in [-0.4, -0.2) is 33.7 Å². The molecule has 1 aliphatic rings. The van der Waals surface area contributed by atoms with E-state index in [0.29, 0.717) is 19.4 Å². The average molecular weight is 540 g/mol. The molecule has 1 aliphatic heterocycles. The van der Waals surface area contributed by atoms with Gasteiger partial charge in [0.25, 0.3) is 10.0 Å². The number of nitrogens with zero attached hydrogens (tertiary/aromatic N) is 1. The molecular weight excluding hydrogens is 517 g/mol. The van der Waals surface area contributed by atoms with E-state index in [0.717, 1.165) is 35.4 Å². The Bertz CT molecular complexity index is 1280. The second kappa shape index (κ2) is 11.0. The highest BCUT2D eigenvalue weighted by molar-refractivity contribution is 7.90. The van der Waals surface area contributed by atoms with Crippen LogP contribution in [-0.2, 0) is 14.8 Å². The number of ether oxygens (including phenoxy) is 2. The lowest BCUT2D eigenvalue weighted by atomic mass is 9.81. The zero-order chi connectivity index (χ0) is 26.6. The lowest BCUT2D eigenvalue weighted by Gasteiger charge is -2.34.